The van der Waals surface area contributed by atoms with Crippen LogP contribution in [-0.4, -0.2) is 12.5 Å². The standard InChI is InChI=1S/C13H17FN2O/c1-7(2)6-16-12-9(11(15)13(16)17)4-8(3)5-10(12)14/h4-5,7,11H,6,15H2,1-3H3. The zero-order valence-electron chi connectivity index (χ0n) is 10.3. The molecule has 1 aromatic rings. The van der Waals surface area contributed by atoms with Crippen molar-refractivity contribution in [3.05, 3.63) is 29.1 Å². The molecule has 0 saturated heterocycles. The monoisotopic (exact) mass is 236 g/mol. The molecule has 3 nitrogen and oxygen atoms in total. The van der Waals surface area contributed by atoms with Gasteiger partial charge in [0, 0.05) is 12.1 Å². The lowest BCUT2D eigenvalue weighted by Crippen LogP contribution is -2.34. The number of hydrogen-bond acceptors (Lipinski definition) is 2. The van der Waals surface area contributed by atoms with Gasteiger partial charge in [0.15, 0.2) is 0 Å². The Kier molecular flexibility index (Phi) is 2.91. The van der Waals surface area contributed by atoms with Crippen molar-refractivity contribution < 1.29 is 9.18 Å². The SMILES string of the molecule is Cc1cc(F)c2c(c1)C(N)C(=O)N2CC(C)C. The minimum atomic E-state index is -0.724. The van der Waals surface area contributed by atoms with Crippen LogP contribution in [0.4, 0.5) is 10.1 Å². The second-order valence-corrected chi connectivity index (χ2v) is 5.00. The van der Waals surface area contributed by atoms with Gasteiger partial charge < -0.3 is 10.6 Å². The highest BCUT2D eigenvalue weighted by molar-refractivity contribution is 6.04. The first-order valence-electron chi connectivity index (χ1n) is 5.78. The minimum Gasteiger partial charge on any atom is -0.316 e. The Hall–Kier alpha value is -1.42. The van der Waals surface area contributed by atoms with Crippen LogP contribution in [0.15, 0.2) is 12.1 Å². The lowest BCUT2D eigenvalue weighted by molar-refractivity contribution is -0.119. The molecule has 92 valence electrons. The summed E-state index contributed by atoms with van der Waals surface area (Å²) in [5, 5.41) is 0. The maximum Gasteiger partial charge on any atom is 0.248 e. The third-order valence-electron chi connectivity index (χ3n) is 2.92. The van der Waals surface area contributed by atoms with E-state index in [1.165, 1.54) is 11.0 Å². The van der Waals surface area contributed by atoms with Crippen molar-refractivity contribution in [1.29, 1.82) is 0 Å². The van der Waals surface area contributed by atoms with Crippen molar-refractivity contribution in [2.45, 2.75) is 26.8 Å². The van der Waals surface area contributed by atoms with Crippen LogP contribution in [0.2, 0.25) is 0 Å². The lowest BCUT2D eigenvalue weighted by atomic mass is 10.1. The van der Waals surface area contributed by atoms with Gasteiger partial charge in [0.25, 0.3) is 0 Å². The fraction of sp³-hybridized carbons (Fsp3) is 0.462. The average molecular weight is 236 g/mol. The molecule has 1 unspecified atom stereocenters. The molecule has 0 aliphatic carbocycles. The van der Waals surface area contributed by atoms with Crippen LogP contribution < -0.4 is 10.6 Å². The van der Waals surface area contributed by atoms with Crippen molar-refractivity contribution in [1.82, 2.24) is 0 Å². The Morgan fingerprint density at radius 2 is 2.12 bits per heavy atom. The second kappa shape index (κ2) is 4.11. The molecule has 1 aromatic carbocycles. The van der Waals surface area contributed by atoms with Crippen LogP contribution in [0.1, 0.15) is 31.0 Å². The number of fused-ring (bicyclic) bond motifs is 1. The van der Waals surface area contributed by atoms with Gasteiger partial charge in [-0.15, -0.1) is 0 Å². The number of carbonyl (C=O) groups excluding carboxylic acids is 1. The van der Waals surface area contributed by atoms with E-state index in [1.807, 2.05) is 13.8 Å². The van der Waals surface area contributed by atoms with Crippen molar-refractivity contribution in [2.24, 2.45) is 11.7 Å². The molecular weight excluding hydrogens is 219 g/mol. The summed E-state index contributed by atoms with van der Waals surface area (Å²) < 4.78 is 13.9. The van der Waals surface area contributed by atoms with Gasteiger partial charge in [0.2, 0.25) is 5.91 Å². The number of hydrogen-bond donors (Lipinski definition) is 1. The van der Waals surface area contributed by atoms with Gasteiger partial charge in [-0.1, -0.05) is 19.9 Å². The van der Waals surface area contributed by atoms with E-state index in [0.29, 0.717) is 17.8 Å². The Bertz CT molecular complexity index is 471. The Morgan fingerprint density at radius 1 is 1.47 bits per heavy atom. The highest BCUT2D eigenvalue weighted by Crippen LogP contribution is 2.37. The molecule has 4 heteroatoms. The van der Waals surface area contributed by atoms with Gasteiger partial charge in [0.05, 0.1) is 5.69 Å². The van der Waals surface area contributed by atoms with E-state index >= 15 is 0 Å². The highest BCUT2D eigenvalue weighted by Gasteiger charge is 2.37. The molecule has 0 bridgehead atoms. The smallest absolute Gasteiger partial charge is 0.248 e. The number of aryl methyl sites for hydroxylation is 1. The van der Waals surface area contributed by atoms with Crippen molar-refractivity contribution in [3.8, 4) is 0 Å². The molecule has 0 spiro atoms. The molecule has 2 N–H and O–H groups in total. The number of nitrogens with two attached hydrogens (primary N) is 1. The molecule has 17 heavy (non-hydrogen) atoms. The Labute approximate surface area is 100 Å². The van der Waals surface area contributed by atoms with E-state index in [-0.39, 0.29) is 17.6 Å². The maximum absolute atomic E-state index is 13.9. The van der Waals surface area contributed by atoms with E-state index in [0.717, 1.165) is 5.56 Å². The average Bonchev–Trinajstić information content (AvgIpc) is 2.43. The number of benzene rings is 1. The molecule has 1 atom stereocenters. The van der Waals surface area contributed by atoms with Crippen LogP contribution >= 0.6 is 0 Å². The first kappa shape index (κ1) is 12.0. The zero-order valence-corrected chi connectivity index (χ0v) is 10.3. The number of rotatable bonds is 2. The van der Waals surface area contributed by atoms with Gasteiger partial charge in [-0.05, 0) is 24.5 Å². The largest absolute Gasteiger partial charge is 0.316 e. The zero-order chi connectivity index (χ0) is 12.7. The Morgan fingerprint density at radius 3 is 2.71 bits per heavy atom. The minimum absolute atomic E-state index is 0.210. The van der Waals surface area contributed by atoms with E-state index < -0.39 is 6.04 Å². The van der Waals surface area contributed by atoms with Gasteiger partial charge in [-0.2, -0.15) is 0 Å². The topological polar surface area (TPSA) is 46.3 Å². The summed E-state index contributed by atoms with van der Waals surface area (Å²) in [6.45, 7) is 6.27. The molecule has 1 aliphatic rings. The lowest BCUT2D eigenvalue weighted by Gasteiger charge is -2.20. The third-order valence-corrected chi connectivity index (χ3v) is 2.92. The van der Waals surface area contributed by atoms with E-state index in [4.69, 9.17) is 5.73 Å². The molecule has 2 rings (SSSR count). The quantitative estimate of drug-likeness (QED) is 0.855. The van der Waals surface area contributed by atoms with Crippen molar-refractivity contribution >= 4 is 11.6 Å². The predicted octanol–water partition coefficient (Wildman–Crippen LogP) is 2.14. The number of nitrogens with zero attached hydrogens (tertiary/aromatic N) is 1. The maximum atomic E-state index is 13.9. The molecule has 0 aromatic heterocycles. The van der Waals surface area contributed by atoms with E-state index in [2.05, 4.69) is 0 Å². The number of halogens is 1. The van der Waals surface area contributed by atoms with Crippen LogP contribution in [0.5, 0.6) is 0 Å². The summed E-state index contributed by atoms with van der Waals surface area (Å²) in [5.41, 5.74) is 7.59. The molecular formula is C13H17FN2O. The van der Waals surface area contributed by atoms with Gasteiger partial charge in [-0.3, -0.25) is 4.79 Å². The first-order valence-corrected chi connectivity index (χ1v) is 5.78. The van der Waals surface area contributed by atoms with Crippen molar-refractivity contribution in [2.75, 3.05) is 11.4 Å². The molecule has 1 aliphatic heterocycles. The summed E-state index contributed by atoms with van der Waals surface area (Å²) in [4.78, 5) is 13.5. The summed E-state index contributed by atoms with van der Waals surface area (Å²) in [7, 11) is 0. The van der Waals surface area contributed by atoms with E-state index in [1.54, 1.807) is 13.0 Å². The Balaban J connectivity index is 2.52. The number of carbonyl (C=O) groups is 1. The summed E-state index contributed by atoms with van der Waals surface area (Å²) in [6, 6.07) is 2.51. The molecule has 0 saturated carbocycles. The van der Waals surface area contributed by atoms with Crippen LogP contribution in [-0.2, 0) is 4.79 Å². The second-order valence-electron chi connectivity index (χ2n) is 5.00. The van der Waals surface area contributed by atoms with E-state index in [9.17, 15) is 9.18 Å². The fourth-order valence-corrected chi connectivity index (χ4v) is 2.24. The molecule has 1 heterocycles. The molecule has 0 radical (unpaired) electrons. The van der Waals surface area contributed by atoms with Crippen molar-refractivity contribution in [3.63, 3.8) is 0 Å². The number of amides is 1. The van der Waals surface area contributed by atoms with Crippen LogP contribution in [0, 0.1) is 18.7 Å². The van der Waals surface area contributed by atoms with Gasteiger partial charge >= 0.3 is 0 Å². The predicted molar refractivity (Wildman–Crippen MR) is 65.3 cm³/mol. The molecule has 0 fully saturated rings. The normalized spacial score (nSPS) is 19.1. The molecule has 1 amide bonds. The van der Waals surface area contributed by atoms with Gasteiger partial charge in [0.1, 0.15) is 11.9 Å². The fourth-order valence-electron chi connectivity index (χ4n) is 2.24. The van der Waals surface area contributed by atoms with Crippen LogP contribution in [0.25, 0.3) is 0 Å². The summed E-state index contributed by atoms with van der Waals surface area (Å²) in [5.74, 6) is -0.294. The van der Waals surface area contributed by atoms with Gasteiger partial charge in [-0.25, -0.2) is 4.39 Å². The number of anilines is 1. The summed E-state index contributed by atoms with van der Waals surface area (Å²) in [6.07, 6.45) is 0. The first-order chi connectivity index (χ1) is 7.91. The third kappa shape index (κ3) is 1.93. The van der Waals surface area contributed by atoms with Crippen LogP contribution in [0.3, 0.4) is 0 Å². The summed E-state index contributed by atoms with van der Waals surface area (Å²) >= 11 is 0. The highest BCUT2D eigenvalue weighted by atomic mass is 19.1.